The second kappa shape index (κ2) is 8.14. The molecular formula is C14H19NO5. The van der Waals surface area contributed by atoms with Crippen LogP contribution in [0.15, 0.2) is 23.1 Å². The number of unbranched alkanes of at least 4 members (excludes halogenated alkanes) is 1. The van der Waals surface area contributed by atoms with Crippen LogP contribution in [-0.4, -0.2) is 30.2 Å². The topological polar surface area (TPSA) is 74.6 Å². The van der Waals surface area contributed by atoms with Gasteiger partial charge < -0.3 is 14.0 Å². The van der Waals surface area contributed by atoms with Gasteiger partial charge in [0.2, 0.25) is 0 Å². The van der Waals surface area contributed by atoms with Crippen LogP contribution in [0.4, 0.5) is 0 Å². The molecule has 0 radical (unpaired) electrons. The number of pyridine rings is 1. The molecule has 1 heterocycles. The molecule has 0 unspecified atom stereocenters. The fourth-order valence-electron chi connectivity index (χ4n) is 1.56. The highest BCUT2D eigenvalue weighted by atomic mass is 16.5. The number of esters is 2. The predicted octanol–water partition coefficient (Wildman–Crippen LogP) is 1.37. The van der Waals surface area contributed by atoms with E-state index in [1.165, 1.54) is 30.0 Å². The molecule has 0 saturated heterocycles. The zero-order valence-electron chi connectivity index (χ0n) is 11.8. The maximum atomic E-state index is 11.6. The van der Waals surface area contributed by atoms with E-state index in [0.29, 0.717) is 6.61 Å². The minimum absolute atomic E-state index is 0.0915. The Morgan fingerprint density at radius 2 is 2.05 bits per heavy atom. The number of methoxy groups -OCH3 is 1. The molecule has 1 rings (SSSR count). The lowest BCUT2D eigenvalue weighted by molar-refractivity contribution is -0.144. The molecule has 6 nitrogen and oxygen atoms in total. The molecule has 20 heavy (non-hydrogen) atoms. The number of aryl methyl sites for hydroxylation is 1. The zero-order chi connectivity index (χ0) is 15.0. The van der Waals surface area contributed by atoms with Crippen molar-refractivity contribution in [3.63, 3.8) is 0 Å². The van der Waals surface area contributed by atoms with Crippen LogP contribution in [0, 0.1) is 0 Å². The van der Waals surface area contributed by atoms with E-state index < -0.39 is 5.97 Å². The highest BCUT2D eigenvalue weighted by molar-refractivity contribution is 5.88. The molecule has 0 spiro atoms. The molecule has 0 fully saturated rings. The van der Waals surface area contributed by atoms with Crippen molar-refractivity contribution in [3.8, 4) is 0 Å². The molecule has 0 amide bonds. The molecular weight excluding hydrogens is 262 g/mol. The number of carbonyl (C=O) groups excluding carboxylic acids is 2. The van der Waals surface area contributed by atoms with Crippen molar-refractivity contribution in [2.75, 3.05) is 13.7 Å². The van der Waals surface area contributed by atoms with Crippen molar-refractivity contribution in [2.45, 2.75) is 32.7 Å². The number of ether oxygens (including phenoxy) is 2. The summed E-state index contributed by atoms with van der Waals surface area (Å²) in [5, 5.41) is 0. The Kier molecular flexibility index (Phi) is 6.49. The Labute approximate surface area is 117 Å². The van der Waals surface area contributed by atoms with Crippen LogP contribution in [0.25, 0.3) is 0 Å². The number of hydrogen-bond acceptors (Lipinski definition) is 5. The minimum Gasteiger partial charge on any atom is -0.466 e. The van der Waals surface area contributed by atoms with Gasteiger partial charge in [-0.1, -0.05) is 13.3 Å². The molecule has 0 aliphatic rings. The zero-order valence-corrected chi connectivity index (χ0v) is 11.8. The summed E-state index contributed by atoms with van der Waals surface area (Å²) in [6, 6.07) is 2.67. The van der Waals surface area contributed by atoms with Gasteiger partial charge in [-0.2, -0.15) is 0 Å². The van der Waals surface area contributed by atoms with Crippen LogP contribution >= 0.6 is 0 Å². The second-order valence-corrected chi connectivity index (χ2v) is 4.27. The third kappa shape index (κ3) is 4.87. The summed E-state index contributed by atoms with van der Waals surface area (Å²) in [4.78, 5) is 34.4. The van der Waals surface area contributed by atoms with Crippen molar-refractivity contribution in [3.05, 3.63) is 34.2 Å². The summed E-state index contributed by atoms with van der Waals surface area (Å²) in [5.74, 6) is -0.877. The van der Waals surface area contributed by atoms with Crippen molar-refractivity contribution >= 4 is 11.9 Å². The van der Waals surface area contributed by atoms with Gasteiger partial charge >= 0.3 is 11.9 Å². The Balaban J connectivity index is 2.61. The van der Waals surface area contributed by atoms with Gasteiger partial charge in [0.1, 0.15) is 0 Å². The normalized spacial score (nSPS) is 10.1. The lowest BCUT2D eigenvalue weighted by atomic mass is 10.3. The maximum Gasteiger partial charge on any atom is 0.339 e. The predicted molar refractivity (Wildman–Crippen MR) is 72.5 cm³/mol. The standard InChI is InChI=1S/C14H19NO5/c1-3-4-9-20-13(17)7-8-15-10-11(14(18)19-2)5-6-12(15)16/h5-6,10H,3-4,7-9H2,1-2H3. The van der Waals surface area contributed by atoms with Crippen LogP contribution in [0.3, 0.4) is 0 Å². The van der Waals surface area contributed by atoms with Crippen LogP contribution in [0.5, 0.6) is 0 Å². The Bertz CT molecular complexity index is 521. The molecule has 0 atom stereocenters. The fourth-order valence-corrected chi connectivity index (χ4v) is 1.56. The van der Waals surface area contributed by atoms with Gasteiger partial charge in [0, 0.05) is 18.8 Å². The first-order valence-electron chi connectivity index (χ1n) is 6.53. The molecule has 1 aromatic heterocycles. The monoisotopic (exact) mass is 281 g/mol. The fraction of sp³-hybridized carbons (Fsp3) is 0.500. The summed E-state index contributed by atoms with van der Waals surface area (Å²) in [6.07, 6.45) is 3.25. The number of nitrogens with zero attached hydrogens (tertiary/aromatic N) is 1. The summed E-state index contributed by atoms with van der Waals surface area (Å²) in [5.41, 5.74) is -0.00883. The van der Waals surface area contributed by atoms with Crippen molar-refractivity contribution in [2.24, 2.45) is 0 Å². The molecule has 6 heteroatoms. The first kappa shape index (κ1) is 15.9. The number of rotatable bonds is 7. The van der Waals surface area contributed by atoms with E-state index in [1.54, 1.807) is 0 Å². The van der Waals surface area contributed by atoms with Crippen LogP contribution in [0.1, 0.15) is 36.5 Å². The van der Waals surface area contributed by atoms with Crippen molar-refractivity contribution in [1.82, 2.24) is 4.57 Å². The quantitative estimate of drug-likeness (QED) is 0.557. The van der Waals surface area contributed by atoms with E-state index in [2.05, 4.69) is 4.74 Å². The molecule has 0 aliphatic heterocycles. The number of carbonyl (C=O) groups is 2. The highest BCUT2D eigenvalue weighted by Crippen LogP contribution is 2.00. The third-order valence-electron chi connectivity index (χ3n) is 2.72. The first-order chi connectivity index (χ1) is 9.58. The van der Waals surface area contributed by atoms with Crippen molar-refractivity contribution < 1.29 is 19.1 Å². The summed E-state index contributed by atoms with van der Waals surface area (Å²) in [6.45, 7) is 2.58. The number of hydrogen-bond donors (Lipinski definition) is 0. The van der Waals surface area contributed by atoms with Gasteiger partial charge in [-0.3, -0.25) is 9.59 Å². The van der Waals surface area contributed by atoms with E-state index in [1.807, 2.05) is 6.92 Å². The minimum atomic E-state index is -0.524. The van der Waals surface area contributed by atoms with Crippen LogP contribution in [-0.2, 0) is 20.8 Å². The average molecular weight is 281 g/mol. The number of aromatic nitrogens is 1. The first-order valence-corrected chi connectivity index (χ1v) is 6.53. The lowest BCUT2D eigenvalue weighted by Gasteiger charge is -2.07. The van der Waals surface area contributed by atoms with Crippen LogP contribution in [0.2, 0.25) is 0 Å². The van der Waals surface area contributed by atoms with Gasteiger partial charge in [-0.05, 0) is 12.5 Å². The van der Waals surface area contributed by atoms with E-state index in [9.17, 15) is 14.4 Å². The van der Waals surface area contributed by atoms with Crippen molar-refractivity contribution in [1.29, 1.82) is 0 Å². The molecule has 0 bridgehead atoms. The third-order valence-corrected chi connectivity index (χ3v) is 2.72. The van der Waals surface area contributed by atoms with Gasteiger partial charge in [0.05, 0.1) is 25.7 Å². The van der Waals surface area contributed by atoms with Gasteiger partial charge in [0.15, 0.2) is 0 Å². The SMILES string of the molecule is CCCCOC(=O)CCn1cc(C(=O)OC)ccc1=O. The molecule has 0 aromatic carbocycles. The maximum absolute atomic E-state index is 11.6. The Morgan fingerprint density at radius 1 is 1.30 bits per heavy atom. The van der Waals surface area contributed by atoms with Gasteiger partial charge in [-0.25, -0.2) is 4.79 Å². The molecule has 110 valence electrons. The summed E-state index contributed by atoms with van der Waals surface area (Å²) >= 11 is 0. The molecule has 0 aliphatic carbocycles. The lowest BCUT2D eigenvalue weighted by Crippen LogP contribution is -2.22. The van der Waals surface area contributed by atoms with E-state index >= 15 is 0 Å². The van der Waals surface area contributed by atoms with E-state index in [-0.39, 0.29) is 30.1 Å². The average Bonchev–Trinajstić information content (AvgIpc) is 2.46. The Morgan fingerprint density at radius 3 is 2.70 bits per heavy atom. The van der Waals surface area contributed by atoms with Gasteiger partial charge in [0.25, 0.3) is 5.56 Å². The summed E-state index contributed by atoms with van der Waals surface area (Å²) in [7, 11) is 1.27. The second-order valence-electron chi connectivity index (χ2n) is 4.27. The highest BCUT2D eigenvalue weighted by Gasteiger charge is 2.09. The van der Waals surface area contributed by atoms with E-state index in [0.717, 1.165) is 12.8 Å². The van der Waals surface area contributed by atoms with Gasteiger partial charge in [-0.15, -0.1) is 0 Å². The smallest absolute Gasteiger partial charge is 0.339 e. The Hall–Kier alpha value is -2.11. The molecule has 1 aromatic rings. The van der Waals surface area contributed by atoms with E-state index in [4.69, 9.17) is 4.74 Å². The summed E-state index contributed by atoms with van der Waals surface area (Å²) < 4.78 is 10.9. The van der Waals surface area contributed by atoms with Crippen LogP contribution < -0.4 is 5.56 Å². The molecule has 0 saturated carbocycles. The molecule has 0 N–H and O–H groups in total. The largest absolute Gasteiger partial charge is 0.466 e.